The molecule has 0 spiro atoms. The molecule has 0 saturated carbocycles. The summed E-state index contributed by atoms with van der Waals surface area (Å²) < 4.78 is 0. The summed E-state index contributed by atoms with van der Waals surface area (Å²) in [4.78, 5) is 10.2. The molecular formula is C9H10BrNO2. The minimum Gasteiger partial charge on any atom is -0.258 e. The number of nitro groups is 1. The molecule has 0 aliphatic rings. The van der Waals surface area contributed by atoms with Gasteiger partial charge in [-0.15, -0.1) is 0 Å². The van der Waals surface area contributed by atoms with Crippen molar-refractivity contribution in [2.75, 3.05) is 0 Å². The van der Waals surface area contributed by atoms with Crippen LogP contribution in [0.25, 0.3) is 0 Å². The number of nitrogens with zero attached hydrogens (tertiary/aromatic N) is 1. The van der Waals surface area contributed by atoms with Crippen LogP contribution in [0.15, 0.2) is 12.1 Å². The lowest BCUT2D eigenvalue weighted by Gasteiger charge is -2.06. The molecule has 1 rings (SSSR count). The van der Waals surface area contributed by atoms with E-state index in [9.17, 15) is 10.1 Å². The molecule has 0 aliphatic carbocycles. The van der Waals surface area contributed by atoms with Gasteiger partial charge >= 0.3 is 0 Å². The summed E-state index contributed by atoms with van der Waals surface area (Å²) in [7, 11) is 0. The van der Waals surface area contributed by atoms with E-state index in [1.165, 1.54) is 0 Å². The molecule has 0 fully saturated rings. The fourth-order valence-corrected chi connectivity index (χ4v) is 2.15. The number of alkyl halides is 1. The molecule has 0 bridgehead atoms. The molecule has 0 amide bonds. The predicted molar refractivity (Wildman–Crippen MR) is 55.2 cm³/mol. The Hall–Kier alpha value is -0.900. The average molecular weight is 244 g/mol. The van der Waals surface area contributed by atoms with E-state index >= 15 is 0 Å². The maximum absolute atomic E-state index is 10.6. The summed E-state index contributed by atoms with van der Waals surface area (Å²) in [5.41, 5.74) is 3.04. The van der Waals surface area contributed by atoms with E-state index in [0.717, 1.165) is 16.7 Å². The highest BCUT2D eigenvalue weighted by Crippen LogP contribution is 2.25. The predicted octanol–water partition coefficient (Wildman–Crippen LogP) is 3.11. The Morgan fingerprint density at radius 3 is 2.54 bits per heavy atom. The highest BCUT2D eigenvalue weighted by atomic mass is 79.9. The van der Waals surface area contributed by atoms with Gasteiger partial charge in [0, 0.05) is 17.0 Å². The summed E-state index contributed by atoms with van der Waals surface area (Å²) in [6.45, 7) is 3.73. The molecule has 0 aliphatic heterocycles. The maximum atomic E-state index is 10.6. The monoisotopic (exact) mass is 243 g/mol. The van der Waals surface area contributed by atoms with Crippen LogP contribution in [0.4, 0.5) is 5.69 Å². The third-order valence-corrected chi connectivity index (χ3v) is 2.70. The first kappa shape index (κ1) is 10.2. The van der Waals surface area contributed by atoms with Gasteiger partial charge in [0.05, 0.1) is 4.92 Å². The number of rotatable bonds is 2. The second-order valence-corrected chi connectivity index (χ2v) is 3.46. The summed E-state index contributed by atoms with van der Waals surface area (Å²) in [6, 6.07) is 3.33. The molecule has 0 N–H and O–H groups in total. The highest BCUT2D eigenvalue weighted by molar-refractivity contribution is 9.08. The molecule has 0 saturated heterocycles. The standard InChI is InChI=1S/C9H10BrNO2/c1-6-3-4-9(11(12)13)7(2)8(6)5-10/h3-4H,5H2,1-2H3. The zero-order valence-electron chi connectivity index (χ0n) is 7.50. The highest BCUT2D eigenvalue weighted by Gasteiger charge is 2.14. The lowest BCUT2D eigenvalue weighted by atomic mass is 10.0. The summed E-state index contributed by atoms with van der Waals surface area (Å²) in [5.74, 6) is 0. The van der Waals surface area contributed by atoms with Crippen LogP contribution in [0.3, 0.4) is 0 Å². The van der Waals surface area contributed by atoms with Gasteiger partial charge in [-0.25, -0.2) is 0 Å². The molecule has 0 atom stereocenters. The van der Waals surface area contributed by atoms with Crippen LogP contribution in [0.1, 0.15) is 16.7 Å². The Morgan fingerprint density at radius 2 is 2.08 bits per heavy atom. The number of aryl methyl sites for hydroxylation is 1. The third kappa shape index (κ3) is 1.88. The SMILES string of the molecule is Cc1ccc([N+](=O)[O-])c(C)c1CBr. The van der Waals surface area contributed by atoms with E-state index in [1.807, 2.05) is 6.92 Å². The molecule has 0 aromatic heterocycles. The van der Waals surface area contributed by atoms with Crippen molar-refractivity contribution < 1.29 is 4.92 Å². The van der Waals surface area contributed by atoms with E-state index in [4.69, 9.17) is 0 Å². The first-order chi connectivity index (χ1) is 6.07. The van der Waals surface area contributed by atoms with Gasteiger partial charge in [-0.05, 0) is 25.0 Å². The Labute approximate surface area is 85.0 Å². The Balaban J connectivity index is 3.35. The second kappa shape index (κ2) is 3.87. The zero-order chi connectivity index (χ0) is 10.0. The first-order valence-corrected chi connectivity index (χ1v) is 4.99. The van der Waals surface area contributed by atoms with E-state index < -0.39 is 0 Å². The van der Waals surface area contributed by atoms with Gasteiger partial charge < -0.3 is 0 Å². The molecule has 70 valence electrons. The van der Waals surface area contributed by atoms with E-state index in [2.05, 4.69) is 15.9 Å². The smallest absolute Gasteiger partial charge is 0.258 e. The summed E-state index contributed by atoms with van der Waals surface area (Å²) in [5, 5.41) is 11.3. The quantitative estimate of drug-likeness (QED) is 0.455. The summed E-state index contributed by atoms with van der Waals surface area (Å²) >= 11 is 3.32. The van der Waals surface area contributed by atoms with Gasteiger partial charge in [-0.2, -0.15) is 0 Å². The lowest BCUT2D eigenvalue weighted by molar-refractivity contribution is -0.385. The third-order valence-electron chi connectivity index (χ3n) is 2.13. The fourth-order valence-electron chi connectivity index (χ4n) is 1.28. The molecule has 3 nitrogen and oxygen atoms in total. The fraction of sp³-hybridized carbons (Fsp3) is 0.333. The van der Waals surface area contributed by atoms with Crippen LogP contribution < -0.4 is 0 Å². The Kier molecular flexibility index (Phi) is 3.03. The number of nitro benzene ring substituents is 1. The van der Waals surface area contributed by atoms with E-state index in [-0.39, 0.29) is 10.6 Å². The second-order valence-electron chi connectivity index (χ2n) is 2.90. The van der Waals surface area contributed by atoms with Crippen molar-refractivity contribution in [1.29, 1.82) is 0 Å². The van der Waals surface area contributed by atoms with Crippen molar-refractivity contribution in [3.63, 3.8) is 0 Å². The van der Waals surface area contributed by atoms with Crippen molar-refractivity contribution in [3.8, 4) is 0 Å². The zero-order valence-corrected chi connectivity index (χ0v) is 9.09. The van der Waals surface area contributed by atoms with Crippen LogP contribution in [0.5, 0.6) is 0 Å². The number of hydrogen-bond donors (Lipinski definition) is 0. The van der Waals surface area contributed by atoms with Crippen LogP contribution in [0.2, 0.25) is 0 Å². The van der Waals surface area contributed by atoms with Gasteiger partial charge in [0.2, 0.25) is 0 Å². The van der Waals surface area contributed by atoms with Gasteiger partial charge in [0.15, 0.2) is 0 Å². The Morgan fingerprint density at radius 1 is 1.46 bits per heavy atom. The van der Waals surface area contributed by atoms with Gasteiger partial charge in [0.25, 0.3) is 5.69 Å². The number of halogens is 1. The molecule has 0 radical (unpaired) electrons. The largest absolute Gasteiger partial charge is 0.272 e. The molecule has 0 unspecified atom stereocenters. The van der Waals surface area contributed by atoms with Gasteiger partial charge in [-0.1, -0.05) is 22.0 Å². The number of hydrogen-bond acceptors (Lipinski definition) is 2. The van der Waals surface area contributed by atoms with E-state index in [0.29, 0.717) is 5.33 Å². The Bertz CT molecular complexity index is 350. The van der Waals surface area contributed by atoms with Crippen molar-refractivity contribution in [3.05, 3.63) is 38.9 Å². The van der Waals surface area contributed by atoms with Crippen molar-refractivity contribution >= 4 is 21.6 Å². The van der Waals surface area contributed by atoms with Crippen LogP contribution in [-0.2, 0) is 5.33 Å². The topological polar surface area (TPSA) is 43.1 Å². The summed E-state index contributed by atoms with van der Waals surface area (Å²) in [6.07, 6.45) is 0. The molecular weight excluding hydrogens is 234 g/mol. The van der Waals surface area contributed by atoms with Crippen molar-refractivity contribution in [2.24, 2.45) is 0 Å². The molecule has 1 aromatic rings. The maximum Gasteiger partial charge on any atom is 0.272 e. The van der Waals surface area contributed by atoms with Crippen molar-refractivity contribution in [2.45, 2.75) is 19.2 Å². The number of benzene rings is 1. The van der Waals surface area contributed by atoms with Crippen LogP contribution in [0, 0.1) is 24.0 Å². The minimum atomic E-state index is -0.346. The molecule has 4 heteroatoms. The minimum absolute atomic E-state index is 0.194. The van der Waals surface area contributed by atoms with Gasteiger partial charge in [-0.3, -0.25) is 10.1 Å². The average Bonchev–Trinajstić information content (AvgIpc) is 2.04. The van der Waals surface area contributed by atoms with Crippen LogP contribution >= 0.6 is 15.9 Å². The molecule has 1 aromatic carbocycles. The van der Waals surface area contributed by atoms with Gasteiger partial charge in [0.1, 0.15) is 0 Å². The molecule has 0 heterocycles. The van der Waals surface area contributed by atoms with Crippen molar-refractivity contribution in [1.82, 2.24) is 0 Å². The van der Waals surface area contributed by atoms with E-state index in [1.54, 1.807) is 19.1 Å². The van der Waals surface area contributed by atoms with Crippen LogP contribution in [-0.4, -0.2) is 4.92 Å². The molecule has 13 heavy (non-hydrogen) atoms. The lowest BCUT2D eigenvalue weighted by Crippen LogP contribution is -1.97. The first-order valence-electron chi connectivity index (χ1n) is 3.87. The normalized spacial score (nSPS) is 10.1.